The Balaban J connectivity index is 3.56. The summed E-state index contributed by atoms with van der Waals surface area (Å²) in [7, 11) is 0. The molecule has 2 N–H and O–H groups in total. The molecule has 0 aromatic carbocycles. The summed E-state index contributed by atoms with van der Waals surface area (Å²) in [5, 5.41) is 6.17. The predicted molar refractivity (Wildman–Crippen MR) is 68.4 cm³/mol. The van der Waals surface area contributed by atoms with Crippen molar-refractivity contribution in [3.63, 3.8) is 0 Å². The largest absolute Gasteiger partial charge is 0.353 e. The van der Waals surface area contributed by atoms with E-state index >= 15 is 0 Å². The number of rotatable bonds is 8. The van der Waals surface area contributed by atoms with E-state index in [1.807, 2.05) is 6.92 Å². The van der Waals surface area contributed by atoms with Crippen LogP contribution in [0.1, 0.15) is 33.6 Å². The molecule has 0 heterocycles. The van der Waals surface area contributed by atoms with Gasteiger partial charge in [0.05, 0.1) is 6.54 Å². The van der Waals surface area contributed by atoms with Crippen LogP contribution in [0.25, 0.3) is 0 Å². The molecule has 2 atom stereocenters. The second-order valence-corrected chi connectivity index (χ2v) is 4.91. The number of thioether (sulfide) groups is 1. The van der Waals surface area contributed by atoms with Gasteiger partial charge < -0.3 is 10.6 Å². The molecule has 0 aliphatic rings. The first kappa shape index (κ1) is 14.8. The van der Waals surface area contributed by atoms with Gasteiger partial charge in [0.15, 0.2) is 0 Å². The Morgan fingerprint density at radius 2 is 2.00 bits per heavy atom. The van der Waals surface area contributed by atoms with Gasteiger partial charge in [-0.1, -0.05) is 13.3 Å². The Bertz CT molecular complexity index is 176. The molecule has 0 bridgehead atoms. The van der Waals surface area contributed by atoms with Crippen LogP contribution < -0.4 is 10.6 Å². The summed E-state index contributed by atoms with van der Waals surface area (Å²) in [5.41, 5.74) is 0. The Labute approximate surface area is 97.8 Å². The zero-order valence-electron chi connectivity index (χ0n) is 10.3. The Hall–Kier alpha value is -0.220. The fraction of sp³-hybridized carbons (Fsp3) is 0.909. The lowest BCUT2D eigenvalue weighted by molar-refractivity contribution is -0.120. The van der Waals surface area contributed by atoms with Gasteiger partial charge in [0, 0.05) is 17.8 Å². The van der Waals surface area contributed by atoms with Crippen molar-refractivity contribution in [2.75, 3.05) is 18.6 Å². The Kier molecular flexibility index (Phi) is 8.91. The fourth-order valence-electron chi connectivity index (χ4n) is 1.41. The molecule has 0 aromatic rings. The second kappa shape index (κ2) is 9.04. The number of carbonyl (C=O) groups is 1. The van der Waals surface area contributed by atoms with Crippen molar-refractivity contribution in [3.05, 3.63) is 0 Å². The van der Waals surface area contributed by atoms with Gasteiger partial charge in [-0.25, -0.2) is 0 Å². The third-order valence-electron chi connectivity index (χ3n) is 2.16. The maximum atomic E-state index is 11.5. The summed E-state index contributed by atoms with van der Waals surface area (Å²) in [5.74, 6) is 1.14. The zero-order valence-corrected chi connectivity index (χ0v) is 11.1. The minimum absolute atomic E-state index is 0.101. The molecule has 0 saturated heterocycles. The third-order valence-corrected chi connectivity index (χ3v) is 2.99. The van der Waals surface area contributed by atoms with Gasteiger partial charge in [-0.2, -0.15) is 11.8 Å². The minimum Gasteiger partial charge on any atom is -0.353 e. The highest BCUT2D eigenvalue weighted by Gasteiger charge is 2.07. The molecule has 0 aliphatic heterocycles. The summed E-state index contributed by atoms with van der Waals surface area (Å²) >= 11 is 1.79. The lowest BCUT2D eigenvalue weighted by atomic mass is 10.2. The van der Waals surface area contributed by atoms with E-state index in [9.17, 15) is 4.79 Å². The van der Waals surface area contributed by atoms with E-state index in [0.29, 0.717) is 18.6 Å². The van der Waals surface area contributed by atoms with E-state index in [-0.39, 0.29) is 5.91 Å². The first-order valence-corrected chi connectivity index (χ1v) is 7.01. The van der Waals surface area contributed by atoms with Crippen LogP contribution in [-0.2, 0) is 4.79 Å². The van der Waals surface area contributed by atoms with Gasteiger partial charge in [0.2, 0.25) is 5.91 Å². The van der Waals surface area contributed by atoms with E-state index in [4.69, 9.17) is 0 Å². The molecule has 0 fully saturated rings. The van der Waals surface area contributed by atoms with E-state index < -0.39 is 0 Å². The quantitative estimate of drug-likeness (QED) is 0.668. The predicted octanol–water partition coefficient (Wildman–Crippen LogP) is 1.63. The minimum atomic E-state index is 0.101. The van der Waals surface area contributed by atoms with Crippen molar-refractivity contribution < 1.29 is 4.79 Å². The van der Waals surface area contributed by atoms with Crippen LogP contribution in [0.15, 0.2) is 0 Å². The molecule has 3 nitrogen and oxygen atoms in total. The second-order valence-electron chi connectivity index (χ2n) is 3.99. The van der Waals surface area contributed by atoms with E-state index in [1.54, 1.807) is 11.8 Å². The highest BCUT2D eigenvalue weighted by Crippen LogP contribution is 1.96. The lowest BCUT2D eigenvalue weighted by Crippen LogP contribution is -2.42. The van der Waals surface area contributed by atoms with Crippen molar-refractivity contribution >= 4 is 17.7 Å². The monoisotopic (exact) mass is 232 g/mol. The number of hydrogen-bond donors (Lipinski definition) is 2. The van der Waals surface area contributed by atoms with Crippen LogP contribution in [0.2, 0.25) is 0 Å². The average Bonchev–Trinajstić information content (AvgIpc) is 2.15. The molecule has 4 heteroatoms. The van der Waals surface area contributed by atoms with Crippen LogP contribution in [0.4, 0.5) is 0 Å². The molecule has 1 amide bonds. The highest BCUT2D eigenvalue weighted by atomic mass is 32.2. The average molecular weight is 232 g/mol. The lowest BCUT2D eigenvalue weighted by Gasteiger charge is -2.15. The van der Waals surface area contributed by atoms with Crippen molar-refractivity contribution in [1.29, 1.82) is 0 Å². The highest BCUT2D eigenvalue weighted by molar-refractivity contribution is 7.98. The van der Waals surface area contributed by atoms with E-state index in [2.05, 4.69) is 30.7 Å². The maximum Gasteiger partial charge on any atom is 0.234 e. The van der Waals surface area contributed by atoms with Crippen molar-refractivity contribution in [2.24, 2.45) is 0 Å². The molecular formula is C11H24N2OS. The maximum absolute atomic E-state index is 11.5. The van der Waals surface area contributed by atoms with E-state index in [1.165, 1.54) is 0 Å². The summed E-state index contributed by atoms with van der Waals surface area (Å²) in [6.07, 6.45) is 4.23. The number of hydrogen-bond acceptors (Lipinski definition) is 3. The van der Waals surface area contributed by atoms with Crippen molar-refractivity contribution in [1.82, 2.24) is 10.6 Å². The topological polar surface area (TPSA) is 41.1 Å². The van der Waals surface area contributed by atoms with Crippen LogP contribution in [0.3, 0.4) is 0 Å². The molecule has 0 aliphatic carbocycles. The summed E-state index contributed by atoms with van der Waals surface area (Å²) < 4.78 is 0. The third kappa shape index (κ3) is 8.75. The standard InChI is InChI=1S/C11H24N2OS/c1-5-6-9(2)13-11(14)7-12-10(3)8-15-4/h9-10,12H,5-8H2,1-4H3,(H,13,14). The molecule has 15 heavy (non-hydrogen) atoms. The molecule has 0 saturated carbocycles. The molecule has 0 aromatic heterocycles. The Morgan fingerprint density at radius 3 is 2.53 bits per heavy atom. The molecule has 2 unspecified atom stereocenters. The first-order valence-electron chi connectivity index (χ1n) is 5.61. The van der Waals surface area contributed by atoms with Crippen molar-refractivity contribution in [2.45, 2.75) is 45.7 Å². The van der Waals surface area contributed by atoms with Crippen LogP contribution in [0, 0.1) is 0 Å². The first-order chi connectivity index (χ1) is 7.10. The molecule has 90 valence electrons. The molecule has 0 spiro atoms. The smallest absolute Gasteiger partial charge is 0.234 e. The van der Waals surface area contributed by atoms with Crippen LogP contribution in [-0.4, -0.2) is 36.5 Å². The number of amides is 1. The fourth-order valence-corrected chi connectivity index (χ4v) is 2.02. The van der Waals surface area contributed by atoms with Gasteiger partial charge in [-0.3, -0.25) is 4.79 Å². The molecule has 0 radical (unpaired) electrons. The van der Waals surface area contributed by atoms with Gasteiger partial charge in [-0.15, -0.1) is 0 Å². The molecular weight excluding hydrogens is 208 g/mol. The van der Waals surface area contributed by atoms with Gasteiger partial charge in [-0.05, 0) is 26.5 Å². The number of carbonyl (C=O) groups excluding carboxylic acids is 1. The SMILES string of the molecule is CCCC(C)NC(=O)CNC(C)CSC. The number of nitrogens with one attached hydrogen (secondary N) is 2. The van der Waals surface area contributed by atoms with E-state index in [0.717, 1.165) is 18.6 Å². The van der Waals surface area contributed by atoms with Gasteiger partial charge >= 0.3 is 0 Å². The van der Waals surface area contributed by atoms with Gasteiger partial charge in [0.1, 0.15) is 0 Å². The van der Waals surface area contributed by atoms with Crippen molar-refractivity contribution in [3.8, 4) is 0 Å². The summed E-state index contributed by atoms with van der Waals surface area (Å²) in [6.45, 7) is 6.70. The van der Waals surface area contributed by atoms with Crippen LogP contribution >= 0.6 is 11.8 Å². The van der Waals surface area contributed by atoms with Crippen LogP contribution in [0.5, 0.6) is 0 Å². The molecule has 0 rings (SSSR count). The Morgan fingerprint density at radius 1 is 1.33 bits per heavy atom. The normalized spacial score (nSPS) is 14.7. The summed E-state index contributed by atoms with van der Waals surface area (Å²) in [4.78, 5) is 11.5. The summed E-state index contributed by atoms with van der Waals surface area (Å²) in [6, 6.07) is 0.687. The van der Waals surface area contributed by atoms with Gasteiger partial charge in [0.25, 0.3) is 0 Å². The zero-order chi connectivity index (χ0) is 11.7.